The van der Waals surface area contributed by atoms with Gasteiger partial charge < -0.3 is 14.0 Å². The Morgan fingerprint density at radius 3 is 2.81 bits per heavy atom. The van der Waals surface area contributed by atoms with Gasteiger partial charge in [-0.1, -0.05) is 30.8 Å². The molecule has 0 amide bonds. The van der Waals surface area contributed by atoms with E-state index in [1.165, 1.54) is 7.11 Å². The number of piperidine rings is 1. The molecule has 37 heavy (non-hydrogen) atoms. The maximum Gasteiger partial charge on any atom is 0.337 e. The van der Waals surface area contributed by atoms with Crippen LogP contribution in [-0.2, 0) is 31.8 Å². The zero-order valence-electron chi connectivity index (χ0n) is 21.3. The molecule has 0 unspecified atom stereocenters. The van der Waals surface area contributed by atoms with E-state index in [9.17, 15) is 13.2 Å². The minimum absolute atomic E-state index is 0.109. The molecule has 0 saturated carbocycles. The third-order valence-corrected chi connectivity index (χ3v) is 9.98. The van der Waals surface area contributed by atoms with E-state index >= 15 is 0 Å². The van der Waals surface area contributed by atoms with Crippen molar-refractivity contribution >= 4 is 38.8 Å². The molecule has 8 nitrogen and oxygen atoms in total. The first kappa shape index (κ1) is 26.2. The summed E-state index contributed by atoms with van der Waals surface area (Å²) < 4.78 is 41.3. The third kappa shape index (κ3) is 5.72. The standard InChI is InChI=1S/C27H33N3O5S2/c1-19-6-4-12-29(16-19)37(32,33)23-10-11-25-24(15-23)28-27(30(25)17-22-9-5-13-35-22)36-18-20-7-3-8-21(14-20)26(31)34-2/h3,7-8,10-11,14-15,19,22H,4-6,9,12-13,16-18H2,1-2H3/t19-,22-/m1/s1. The second-order valence-electron chi connectivity index (χ2n) is 9.88. The minimum Gasteiger partial charge on any atom is -0.465 e. The fourth-order valence-corrected chi connectivity index (χ4v) is 7.68. The summed E-state index contributed by atoms with van der Waals surface area (Å²) in [4.78, 5) is 17.1. The number of imidazole rings is 1. The van der Waals surface area contributed by atoms with Crippen molar-refractivity contribution in [1.29, 1.82) is 0 Å². The minimum atomic E-state index is -3.57. The van der Waals surface area contributed by atoms with Crippen molar-refractivity contribution in [2.45, 2.75) is 61.1 Å². The topological polar surface area (TPSA) is 90.7 Å². The van der Waals surface area contributed by atoms with E-state index in [0.29, 0.717) is 42.4 Å². The van der Waals surface area contributed by atoms with Crippen LogP contribution in [0.5, 0.6) is 0 Å². The lowest BCUT2D eigenvalue weighted by Crippen LogP contribution is -2.39. The van der Waals surface area contributed by atoms with Crippen molar-refractivity contribution in [3.05, 3.63) is 53.6 Å². The molecule has 3 aromatic rings. The van der Waals surface area contributed by atoms with Crippen molar-refractivity contribution in [1.82, 2.24) is 13.9 Å². The number of hydrogen-bond donors (Lipinski definition) is 0. The van der Waals surface area contributed by atoms with Gasteiger partial charge in [0.15, 0.2) is 5.16 Å². The molecule has 5 rings (SSSR count). The Bertz CT molecular complexity index is 1380. The summed E-state index contributed by atoms with van der Waals surface area (Å²) in [5.41, 5.74) is 3.05. The maximum absolute atomic E-state index is 13.4. The number of benzene rings is 2. The number of aromatic nitrogens is 2. The molecule has 2 aromatic carbocycles. The number of methoxy groups -OCH3 is 1. The second kappa shape index (κ2) is 11.1. The highest BCUT2D eigenvalue weighted by Gasteiger charge is 2.29. The van der Waals surface area contributed by atoms with Crippen LogP contribution in [0.15, 0.2) is 52.5 Å². The smallest absolute Gasteiger partial charge is 0.337 e. The lowest BCUT2D eigenvalue weighted by Gasteiger charge is -2.30. The van der Waals surface area contributed by atoms with Crippen LogP contribution < -0.4 is 0 Å². The Morgan fingerprint density at radius 1 is 1.19 bits per heavy atom. The lowest BCUT2D eigenvalue weighted by atomic mass is 10.0. The van der Waals surface area contributed by atoms with Crippen LogP contribution in [0.25, 0.3) is 11.0 Å². The molecule has 0 bridgehead atoms. The molecule has 3 heterocycles. The SMILES string of the molecule is COC(=O)c1cccc(CSc2nc3cc(S(=O)(=O)N4CCC[C@@H](C)C4)ccc3n2C[C@H]2CCCO2)c1. The summed E-state index contributed by atoms with van der Waals surface area (Å²) in [6.07, 6.45) is 4.08. The van der Waals surface area contributed by atoms with Crippen LogP contribution in [0.3, 0.4) is 0 Å². The maximum atomic E-state index is 13.4. The van der Waals surface area contributed by atoms with Gasteiger partial charge in [0.1, 0.15) is 0 Å². The molecule has 2 fully saturated rings. The summed E-state index contributed by atoms with van der Waals surface area (Å²) in [7, 11) is -2.20. The van der Waals surface area contributed by atoms with E-state index in [1.54, 1.807) is 34.3 Å². The number of thioether (sulfide) groups is 1. The zero-order valence-corrected chi connectivity index (χ0v) is 22.9. The van der Waals surface area contributed by atoms with E-state index < -0.39 is 10.0 Å². The van der Waals surface area contributed by atoms with Crippen LogP contribution in [0.1, 0.15) is 48.5 Å². The first-order chi connectivity index (χ1) is 17.8. The van der Waals surface area contributed by atoms with E-state index in [1.807, 2.05) is 24.3 Å². The van der Waals surface area contributed by atoms with E-state index in [4.69, 9.17) is 14.5 Å². The molecule has 2 atom stereocenters. The number of hydrogen-bond acceptors (Lipinski definition) is 7. The van der Waals surface area contributed by atoms with E-state index in [0.717, 1.165) is 48.5 Å². The summed E-state index contributed by atoms with van der Waals surface area (Å²) >= 11 is 1.56. The molecule has 0 aliphatic carbocycles. The first-order valence-electron chi connectivity index (χ1n) is 12.8. The van der Waals surface area contributed by atoms with Gasteiger partial charge in [-0.3, -0.25) is 0 Å². The molecule has 0 N–H and O–H groups in total. The molecular weight excluding hydrogens is 510 g/mol. The normalized spacial score (nSPS) is 20.9. The summed E-state index contributed by atoms with van der Waals surface area (Å²) in [5.74, 6) is 0.601. The highest BCUT2D eigenvalue weighted by molar-refractivity contribution is 7.98. The van der Waals surface area contributed by atoms with Crippen molar-refractivity contribution in [3.8, 4) is 0 Å². The lowest BCUT2D eigenvalue weighted by molar-refractivity contribution is 0.0600. The molecule has 0 spiro atoms. The van der Waals surface area contributed by atoms with Gasteiger partial charge in [-0.15, -0.1) is 0 Å². The Balaban J connectivity index is 1.45. The predicted octanol–water partition coefficient (Wildman–Crippen LogP) is 4.71. The molecule has 2 aliphatic rings. The fraction of sp³-hybridized carbons (Fsp3) is 0.481. The summed E-state index contributed by atoms with van der Waals surface area (Å²) in [6, 6.07) is 12.7. The molecular formula is C27H33N3O5S2. The second-order valence-corrected chi connectivity index (χ2v) is 12.8. The molecule has 2 saturated heterocycles. The molecule has 198 valence electrons. The zero-order chi connectivity index (χ0) is 26.0. The molecule has 1 aromatic heterocycles. The number of rotatable bonds is 8. The van der Waals surface area contributed by atoms with Gasteiger partial charge in [0.2, 0.25) is 10.0 Å². The van der Waals surface area contributed by atoms with Crippen molar-refractivity contribution in [2.24, 2.45) is 5.92 Å². The number of esters is 1. The quantitative estimate of drug-likeness (QED) is 0.300. The van der Waals surface area contributed by atoms with Crippen LogP contribution in [0, 0.1) is 5.92 Å². The van der Waals surface area contributed by atoms with Crippen LogP contribution in [-0.4, -0.2) is 61.2 Å². The van der Waals surface area contributed by atoms with Gasteiger partial charge in [0.05, 0.1) is 41.3 Å². The molecule has 10 heteroatoms. The monoisotopic (exact) mass is 543 g/mol. The Labute approximate surface area is 222 Å². The third-order valence-electron chi connectivity index (χ3n) is 7.07. The van der Waals surface area contributed by atoms with Gasteiger partial charge in [0, 0.05) is 25.4 Å². The first-order valence-corrected chi connectivity index (χ1v) is 15.2. The number of sulfonamides is 1. The summed E-state index contributed by atoms with van der Waals surface area (Å²) in [5, 5.41) is 0.801. The number of nitrogens with zero attached hydrogens (tertiary/aromatic N) is 3. The van der Waals surface area contributed by atoms with E-state index in [2.05, 4.69) is 11.5 Å². The van der Waals surface area contributed by atoms with Crippen LogP contribution in [0.4, 0.5) is 0 Å². The Morgan fingerprint density at radius 2 is 2.05 bits per heavy atom. The Hall–Kier alpha value is -2.40. The van der Waals surface area contributed by atoms with Crippen molar-refractivity contribution in [2.75, 3.05) is 26.8 Å². The van der Waals surface area contributed by atoms with Gasteiger partial charge in [-0.25, -0.2) is 18.2 Å². The number of carbonyl (C=O) groups is 1. The fourth-order valence-electron chi connectivity index (χ4n) is 5.09. The molecule has 2 aliphatic heterocycles. The van der Waals surface area contributed by atoms with Crippen LogP contribution in [0.2, 0.25) is 0 Å². The number of carbonyl (C=O) groups excluding carboxylic acids is 1. The van der Waals surface area contributed by atoms with Gasteiger partial charge in [-0.2, -0.15) is 4.31 Å². The van der Waals surface area contributed by atoms with Crippen molar-refractivity contribution < 1.29 is 22.7 Å². The average Bonchev–Trinajstić information content (AvgIpc) is 3.55. The average molecular weight is 544 g/mol. The van der Waals surface area contributed by atoms with Crippen molar-refractivity contribution in [3.63, 3.8) is 0 Å². The highest BCUT2D eigenvalue weighted by atomic mass is 32.2. The van der Waals surface area contributed by atoms with Crippen LogP contribution >= 0.6 is 11.8 Å². The van der Waals surface area contributed by atoms with Gasteiger partial charge in [0.25, 0.3) is 0 Å². The summed E-state index contributed by atoms with van der Waals surface area (Å²) in [6.45, 7) is 4.64. The number of ether oxygens (including phenoxy) is 2. The predicted molar refractivity (Wildman–Crippen MR) is 143 cm³/mol. The van der Waals surface area contributed by atoms with E-state index in [-0.39, 0.29) is 17.0 Å². The Kier molecular flexibility index (Phi) is 7.90. The molecule has 0 radical (unpaired) electrons. The van der Waals surface area contributed by atoms with Gasteiger partial charge in [-0.05, 0) is 67.5 Å². The van der Waals surface area contributed by atoms with Gasteiger partial charge >= 0.3 is 5.97 Å². The number of fused-ring (bicyclic) bond motifs is 1. The highest BCUT2D eigenvalue weighted by Crippen LogP contribution is 2.31. The largest absolute Gasteiger partial charge is 0.465 e.